The van der Waals surface area contributed by atoms with E-state index in [1.54, 1.807) is 12.1 Å². The zero-order chi connectivity index (χ0) is 16.2. The number of carbonyl (C=O) groups excluding carboxylic acids is 1. The zero-order valence-corrected chi connectivity index (χ0v) is 12.8. The highest BCUT2D eigenvalue weighted by atomic mass is 19.1. The van der Waals surface area contributed by atoms with Gasteiger partial charge in [0.15, 0.2) is 0 Å². The van der Waals surface area contributed by atoms with E-state index in [4.69, 9.17) is 0 Å². The van der Waals surface area contributed by atoms with Gasteiger partial charge in [-0.15, -0.1) is 0 Å². The molecule has 0 unspecified atom stereocenters. The van der Waals surface area contributed by atoms with E-state index in [-0.39, 0.29) is 17.8 Å². The molecule has 0 bridgehead atoms. The first kappa shape index (κ1) is 15.2. The van der Waals surface area contributed by atoms with Gasteiger partial charge >= 0.3 is 0 Å². The maximum atomic E-state index is 13.0. The maximum absolute atomic E-state index is 13.0. The van der Waals surface area contributed by atoms with Crippen LogP contribution in [0.1, 0.15) is 24.5 Å². The number of carbonyl (C=O) groups is 1. The second kappa shape index (κ2) is 6.57. The Hall–Kier alpha value is -2.75. The largest absolute Gasteiger partial charge is 0.273 e. The Morgan fingerprint density at radius 1 is 1.17 bits per heavy atom. The molecular formula is C19H17FN2O. The SMILES string of the molecule is CC(=O)N1N=C(c2ccc(F)cc2)C[C@@H]1/C=C/c1ccccc1. The summed E-state index contributed by atoms with van der Waals surface area (Å²) in [5.74, 6) is -0.388. The van der Waals surface area contributed by atoms with Crippen molar-refractivity contribution in [3.63, 3.8) is 0 Å². The number of hydrogen-bond acceptors (Lipinski definition) is 2. The molecule has 0 saturated heterocycles. The molecule has 2 aromatic carbocycles. The molecule has 0 aromatic heterocycles. The molecule has 0 spiro atoms. The standard InChI is InChI=1S/C19H17FN2O/c1-14(23)22-18(12-7-15-5-3-2-4-6-15)13-19(21-22)16-8-10-17(20)11-9-16/h2-12,18H,13H2,1H3/b12-7+/t18-/m0/s1. The molecule has 4 heteroatoms. The second-order valence-corrected chi connectivity index (χ2v) is 5.46. The van der Waals surface area contributed by atoms with Crippen molar-refractivity contribution in [3.05, 3.63) is 77.6 Å². The first-order valence-electron chi connectivity index (χ1n) is 7.50. The van der Waals surface area contributed by atoms with Crippen LogP contribution in [0, 0.1) is 5.82 Å². The van der Waals surface area contributed by atoms with Crippen molar-refractivity contribution in [1.29, 1.82) is 0 Å². The van der Waals surface area contributed by atoms with Gasteiger partial charge in [0.25, 0.3) is 0 Å². The third-order valence-corrected chi connectivity index (χ3v) is 3.76. The lowest BCUT2D eigenvalue weighted by atomic mass is 10.0. The van der Waals surface area contributed by atoms with Gasteiger partial charge in [-0.2, -0.15) is 5.10 Å². The first-order valence-corrected chi connectivity index (χ1v) is 7.50. The van der Waals surface area contributed by atoms with E-state index in [0.717, 1.165) is 16.8 Å². The molecule has 0 fully saturated rings. The van der Waals surface area contributed by atoms with Crippen LogP contribution in [0.15, 0.2) is 65.8 Å². The van der Waals surface area contributed by atoms with Gasteiger partial charge in [-0.1, -0.05) is 54.6 Å². The average molecular weight is 308 g/mol. The highest BCUT2D eigenvalue weighted by molar-refractivity contribution is 6.03. The van der Waals surface area contributed by atoms with Gasteiger partial charge in [-0.05, 0) is 23.3 Å². The van der Waals surface area contributed by atoms with Gasteiger partial charge in [-0.25, -0.2) is 9.40 Å². The van der Waals surface area contributed by atoms with Crippen LogP contribution in [-0.2, 0) is 4.79 Å². The summed E-state index contributed by atoms with van der Waals surface area (Å²) in [7, 11) is 0. The Morgan fingerprint density at radius 3 is 2.52 bits per heavy atom. The molecule has 116 valence electrons. The highest BCUT2D eigenvalue weighted by Crippen LogP contribution is 2.22. The molecule has 3 rings (SSSR count). The lowest BCUT2D eigenvalue weighted by molar-refractivity contribution is -0.129. The van der Waals surface area contributed by atoms with Crippen molar-refractivity contribution in [2.24, 2.45) is 5.10 Å². The molecular weight excluding hydrogens is 291 g/mol. The molecule has 0 radical (unpaired) electrons. The first-order chi connectivity index (χ1) is 11.1. The summed E-state index contributed by atoms with van der Waals surface area (Å²) in [4.78, 5) is 11.8. The molecule has 1 aliphatic rings. The number of nitrogens with zero attached hydrogens (tertiary/aromatic N) is 2. The number of hydrogen-bond donors (Lipinski definition) is 0. The van der Waals surface area contributed by atoms with Crippen LogP contribution < -0.4 is 0 Å². The molecule has 2 aromatic rings. The zero-order valence-electron chi connectivity index (χ0n) is 12.8. The van der Waals surface area contributed by atoms with Crippen LogP contribution in [0.5, 0.6) is 0 Å². The summed E-state index contributed by atoms with van der Waals surface area (Å²) < 4.78 is 13.0. The van der Waals surface area contributed by atoms with Crippen molar-refractivity contribution in [2.45, 2.75) is 19.4 Å². The van der Waals surface area contributed by atoms with Crippen molar-refractivity contribution >= 4 is 17.7 Å². The van der Waals surface area contributed by atoms with Gasteiger partial charge in [0.1, 0.15) is 5.82 Å². The van der Waals surface area contributed by atoms with Crippen molar-refractivity contribution < 1.29 is 9.18 Å². The minimum atomic E-state index is -0.281. The van der Waals surface area contributed by atoms with Gasteiger partial charge in [-0.3, -0.25) is 4.79 Å². The lowest BCUT2D eigenvalue weighted by Crippen LogP contribution is -2.29. The number of halogens is 1. The molecule has 23 heavy (non-hydrogen) atoms. The molecule has 0 saturated carbocycles. The van der Waals surface area contributed by atoms with E-state index in [2.05, 4.69) is 5.10 Å². The fraction of sp³-hybridized carbons (Fsp3) is 0.158. The Balaban J connectivity index is 1.81. The average Bonchev–Trinajstić information content (AvgIpc) is 2.99. The second-order valence-electron chi connectivity index (χ2n) is 5.46. The van der Waals surface area contributed by atoms with E-state index in [9.17, 15) is 9.18 Å². The molecule has 1 heterocycles. The quantitative estimate of drug-likeness (QED) is 0.847. The molecule has 0 aliphatic carbocycles. The summed E-state index contributed by atoms with van der Waals surface area (Å²) in [6, 6.07) is 16.0. The van der Waals surface area contributed by atoms with Crippen LogP contribution in [0.3, 0.4) is 0 Å². The topological polar surface area (TPSA) is 32.7 Å². The van der Waals surface area contributed by atoms with Crippen LogP contribution in [0.2, 0.25) is 0 Å². The van der Waals surface area contributed by atoms with Gasteiger partial charge in [0.2, 0.25) is 5.91 Å². The highest BCUT2D eigenvalue weighted by Gasteiger charge is 2.28. The Labute approximate surface area is 134 Å². The third kappa shape index (κ3) is 3.54. The van der Waals surface area contributed by atoms with Crippen LogP contribution in [-0.4, -0.2) is 22.7 Å². The summed E-state index contributed by atoms with van der Waals surface area (Å²) >= 11 is 0. The number of amides is 1. The Kier molecular flexibility index (Phi) is 4.33. The molecule has 1 aliphatic heterocycles. The summed E-state index contributed by atoms with van der Waals surface area (Å²) in [6.07, 6.45) is 4.59. The van der Waals surface area contributed by atoms with Crippen molar-refractivity contribution in [2.75, 3.05) is 0 Å². The predicted molar refractivity (Wildman–Crippen MR) is 89.3 cm³/mol. The molecule has 3 nitrogen and oxygen atoms in total. The van der Waals surface area contributed by atoms with E-state index < -0.39 is 0 Å². The maximum Gasteiger partial charge on any atom is 0.240 e. The van der Waals surface area contributed by atoms with Gasteiger partial charge in [0, 0.05) is 13.3 Å². The van der Waals surface area contributed by atoms with E-state index in [1.807, 2.05) is 42.5 Å². The summed E-state index contributed by atoms with van der Waals surface area (Å²) in [5.41, 5.74) is 2.71. The van der Waals surface area contributed by atoms with Gasteiger partial charge in [0.05, 0.1) is 11.8 Å². The Morgan fingerprint density at radius 2 is 1.87 bits per heavy atom. The van der Waals surface area contributed by atoms with E-state index in [1.165, 1.54) is 24.1 Å². The minimum absolute atomic E-state index is 0.107. The number of benzene rings is 2. The normalized spacial score (nSPS) is 17.6. The van der Waals surface area contributed by atoms with Crippen LogP contribution in [0.4, 0.5) is 4.39 Å². The lowest BCUT2D eigenvalue weighted by Gasteiger charge is -2.16. The van der Waals surface area contributed by atoms with Crippen LogP contribution >= 0.6 is 0 Å². The Bertz CT molecular complexity index is 751. The van der Waals surface area contributed by atoms with E-state index >= 15 is 0 Å². The van der Waals surface area contributed by atoms with Crippen LogP contribution in [0.25, 0.3) is 6.08 Å². The van der Waals surface area contributed by atoms with Crippen molar-refractivity contribution in [1.82, 2.24) is 5.01 Å². The number of rotatable bonds is 3. The summed E-state index contributed by atoms with van der Waals surface area (Å²) in [6.45, 7) is 1.50. The molecule has 0 N–H and O–H groups in total. The molecule has 1 atom stereocenters. The fourth-order valence-corrected chi connectivity index (χ4v) is 2.59. The monoisotopic (exact) mass is 308 g/mol. The van der Waals surface area contributed by atoms with Gasteiger partial charge < -0.3 is 0 Å². The summed E-state index contributed by atoms with van der Waals surface area (Å²) in [5, 5.41) is 5.89. The molecule has 1 amide bonds. The van der Waals surface area contributed by atoms with E-state index in [0.29, 0.717) is 6.42 Å². The predicted octanol–water partition coefficient (Wildman–Crippen LogP) is 3.86. The minimum Gasteiger partial charge on any atom is -0.273 e. The smallest absolute Gasteiger partial charge is 0.240 e. The van der Waals surface area contributed by atoms with Crippen molar-refractivity contribution in [3.8, 4) is 0 Å². The third-order valence-electron chi connectivity index (χ3n) is 3.76. The number of hydrazone groups is 1. The fourth-order valence-electron chi connectivity index (χ4n) is 2.59.